The Morgan fingerprint density at radius 3 is 2.84 bits per heavy atom. The van der Waals surface area contributed by atoms with E-state index in [1.54, 1.807) is 7.11 Å². The van der Waals surface area contributed by atoms with Crippen LogP contribution < -0.4 is 10.6 Å². The molecule has 2 aromatic rings. The van der Waals surface area contributed by atoms with Crippen molar-refractivity contribution in [2.75, 3.05) is 20.7 Å². The fourth-order valence-corrected chi connectivity index (χ4v) is 4.73. The number of nitrogens with zero attached hydrogens (tertiary/aromatic N) is 5. The van der Waals surface area contributed by atoms with Crippen LogP contribution in [0.5, 0.6) is 0 Å². The molecule has 8 nitrogen and oxygen atoms in total. The number of benzene rings is 1. The number of hydrogen-bond donors (Lipinski definition) is 2. The molecule has 0 amide bonds. The van der Waals surface area contributed by atoms with Gasteiger partial charge in [-0.15, -0.1) is 0 Å². The van der Waals surface area contributed by atoms with Gasteiger partial charge in [-0.05, 0) is 43.9 Å². The number of aromatic nitrogens is 3. The lowest BCUT2D eigenvalue weighted by molar-refractivity contribution is 0.152. The monoisotopic (exact) mass is 439 g/mol. The Labute approximate surface area is 191 Å². The van der Waals surface area contributed by atoms with Gasteiger partial charge in [-0.2, -0.15) is 5.10 Å². The smallest absolute Gasteiger partial charge is 0.191 e. The highest BCUT2D eigenvalue weighted by Crippen LogP contribution is 2.21. The number of ether oxygens (including phenoxy) is 1. The lowest BCUT2D eigenvalue weighted by Gasteiger charge is -2.34. The molecule has 1 saturated heterocycles. The zero-order valence-electron chi connectivity index (χ0n) is 19.7. The standard InChI is InChI=1S/C24H37N7O/c1-18-8-6-7-13-30(18)15-20-10-5-4-9-19(20)14-26-24(25-2)27-21-11-12-23-28-22(17-32-3)29-31(23)16-21/h4-5,9-10,18,21H,6-8,11-17H2,1-3H3,(H2,25,26,27). The topological polar surface area (TPSA) is 79.6 Å². The van der Waals surface area contributed by atoms with Crippen molar-refractivity contribution in [2.24, 2.45) is 4.99 Å². The van der Waals surface area contributed by atoms with E-state index in [-0.39, 0.29) is 6.04 Å². The molecule has 0 spiro atoms. The third-order valence-corrected chi connectivity index (χ3v) is 6.62. The van der Waals surface area contributed by atoms with E-state index in [1.807, 2.05) is 11.7 Å². The Balaban J connectivity index is 1.33. The fraction of sp³-hybridized carbons (Fsp3) is 0.625. The number of hydrogen-bond acceptors (Lipinski definition) is 5. The molecule has 1 fully saturated rings. The van der Waals surface area contributed by atoms with Crippen molar-refractivity contribution < 1.29 is 4.74 Å². The number of fused-ring (bicyclic) bond motifs is 1. The molecule has 1 aromatic heterocycles. The minimum absolute atomic E-state index is 0.273. The second-order valence-electron chi connectivity index (χ2n) is 8.95. The number of piperidine rings is 1. The molecule has 2 atom stereocenters. The third-order valence-electron chi connectivity index (χ3n) is 6.62. The SMILES string of the molecule is CN=C(NCc1ccccc1CN1CCCCC1C)NC1CCc2nc(COC)nn2C1. The summed E-state index contributed by atoms with van der Waals surface area (Å²) in [5.41, 5.74) is 2.74. The zero-order chi connectivity index (χ0) is 22.3. The lowest BCUT2D eigenvalue weighted by atomic mass is 10.0. The van der Waals surface area contributed by atoms with Crippen LogP contribution in [0.4, 0.5) is 0 Å². The number of nitrogens with one attached hydrogen (secondary N) is 2. The summed E-state index contributed by atoms with van der Waals surface area (Å²) in [5.74, 6) is 2.63. The van der Waals surface area contributed by atoms with Crippen molar-refractivity contribution in [1.29, 1.82) is 0 Å². The molecule has 2 unspecified atom stereocenters. The largest absolute Gasteiger partial charge is 0.377 e. The average Bonchev–Trinajstić information content (AvgIpc) is 3.21. The molecule has 0 bridgehead atoms. The number of likely N-dealkylation sites (tertiary alicyclic amines) is 1. The minimum atomic E-state index is 0.273. The summed E-state index contributed by atoms with van der Waals surface area (Å²) >= 11 is 0. The van der Waals surface area contributed by atoms with Crippen LogP contribution in [0.3, 0.4) is 0 Å². The average molecular weight is 440 g/mol. The molecule has 0 saturated carbocycles. The molecular weight excluding hydrogens is 402 g/mol. The number of rotatable bonds is 7. The van der Waals surface area contributed by atoms with E-state index in [1.165, 1.54) is 36.9 Å². The van der Waals surface area contributed by atoms with Gasteiger partial charge in [0.1, 0.15) is 12.4 Å². The van der Waals surface area contributed by atoms with Crippen LogP contribution in [0.1, 0.15) is 55.4 Å². The van der Waals surface area contributed by atoms with E-state index in [9.17, 15) is 0 Å². The lowest BCUT2D eigenvalue weighted by Crippen LogP contribution is -2.47. The predicted molar refractivity (Wildman–Crippen MR) is 126 cm³/mol. The van der Waals surface area contributed by atoms with Gasteiger partial charge in [-0.25, -0.2) is 9.67 Å². The van der Waals surface area contributed by atoms with Crippen LogP contribution in [0.15, 0.2) is 29.3 Å². The Kier molecular flexibility index (Phi) is 7.76. The van der Waals surface area contributed by atoms with Crippen LogP contribution in [-0.2, 0) is 37.4 Å². The van der Waals surface area contributed by atoms with E-state index in [0.29, 0.717) is 12.6 Å². The molecule has 2 aliphatic rings. The van der Waals surface area contributed by atoms with Gasteiger partial charge in [-0.3, -0.25) is 9.89 Å². The van der Waals surface area contributed by atoms with Crippen molar-refractivity contribution in [3.63, 3.8) is 0 Å². The van der Waals surface area contributed by atoms with Crippen molar-refractivity contribution in [1.82, 2.24) is 30.3 Å². The summed E-state index contributed by atoms with van der Waals surface area (Å²) in [5, 5.41) is 11.7. The maximum atomic E-state index is 5.17. The number of methoxy groups -OCH3 is 1. The quantitative estimate of drug-likeness (QED) is 0.510. The minimum Gasteiger partial charge on any atom is -0.377 e. The first-order valence-electron chi connectivity index (χ1n) is 11.9. The maximum Gasteiger partial charge on any atom is 0.191 e. The molecule has 3 heterocycles. The van der Waals surface area contributed by atoms with Gasteiger partial charge in [0, 0.05) is 45.8 Å². The molecule has 174 valence electrons. The van der Waals surface area contributed by atoms with Gasteiger partial charge in [0.05, 0.1) is 6.54 Å². The molecule has 2 aliphatic heterocycles. The zero-order valence-corrected chi connectivity index (χ0v) is 19.7. The summed E-state index contributed by atoms with van der Waals surface area (Å²) in [6.45, 7) is 6.58. The van der Waals surface area contributed by atoms with Crippen molar-refractivity contribution in [3.8, 4) is 0 Å². The summed E-state index contributed by atoms with van der Waals surface area (Å²) in [6, 6.07) is 9.70. The maximum absolute atomic E-state index is 5.17. The van der Waals surface area contributed by atoms with E-state index < -0.39 is 0 Å². The third kappa shape index (κ3) is 5.66. The van der Waals surface area contributed by atoms with Crippen LogP contribution in [0.25, 0.3) is 0 Å². The number of guanidine groups is 1. The van der Waals surface area contributed by atoms with E-state index in [0.717, 1.165) is 50.1 Å². The molecule has 0 aliphatic carbocycles. The Morgan fingerprint density at radius 2 is 2.06 bits per heavy atom. The van der Waals surface area contributed by atoms with Crippen molar-refractivity contribution >= 4 is 5.96 Å². The molecule has 0 radical (unpaired) electrons. The molecule has 2 N–H and O–H groups in total. The Bertz CT molecular complexity index is 910. The summed E-state index contributed by atoms with van der Waals surface area (Å²) in [6.07, 6.45) is 5.88. The second-order valence-corrected chi connectivity index (χ2v) is 8.95. The normalized spacial score (nSPS) is 21.9. The first kappa shape index (κ1) is 22.7. The van der Waals surface area contributed by atoms with E-state index >= 15 is 0 Å². The molecular formula is C24H37N7O. The molecule has 8 heteroatoms. The Hall–Kier alpha value is -2.45. The van der Waals surface area contributed by atoms with Crippen molar-refractivity contribution in [3.05, 3.63) is 47.0 Å². The fourth-order valence-electron chi connectivity index (χ4n) is 4.73. The number of aryl methyl sites for hydroxylation is 1. The van der Waals surface area contributed by atoms with Gasteiger partial charge in [-0.1, -0.05) is 30.7 Å². The predicted octanol–water partition coefficient (Wildman–Crippen LogP) is 2.48. The highest BCUT2D eigenvalue weighted by molar-refractivity contribution is 5.80. The Morgan fingerprint density at radius 1 is 1.22 bits per heavy atom. The van der Waals surface area contributed by atoms with Crippen LogP contribution in [0.2, 0.25) is 0 Å². The van der Waals surface area contributed by atoms with Crippen LogP contribution in [-0.4, -0.2) is 58.4 Å². The molecule has 1 aromatic carbocycles. The number of aliphatic imine (C=N–C) groups is 1. The van der Waals surface area contributed by atoms with Crippen LogP contribution in [0, 0.1) is 0 Å². The van der Waals surface area contributed by atoms with Gasteiger partial charge in [0.25, 0.3) is 0 Å². The van der Waals surface area contributed by atoms with E-state index in [2.05, 4.69) is 61.8 Å². The van der Waals surface area contributed by atoms with Gasteiger partial charge < -0.3 is 15.4 Å². The molecule has 4 rings (SSSR count). The first-order chi connectivity index (χ1) is 15.7. The van der Waals surface area contributed by atoms with Gasteiger partial charge in [0.15, 0.2) is 11.8 Å². The highest BCUT2D eigenvalue weighted by Gasteiger charge is 2.23. The summed E-state index contributed by atoms with van der Waals surface area (Å²) < 4.78 is 7.16. The summed E-state index contributed by atoms with van der Waals surface area (Å²) in [4.78, 5) is 11.6. The van der Waals surface area contributed by atoms with E-state index in [4.69, 9.17) is 4.74 Å². The first-order valence-corrected chi connectivity index (χ1v) is 11.9. The van der Waals surface area contributed by atoms with Gasteiger partial charge >= 0.3 is 0 Å². The van der Waals surface area contributed by atoms with Crippen LogP contribution >= 0.6 is 0 Å². The van der Waals surface area contributed by atoms with Gasteiger partial charge in [0.2, 0.25) is 0 Å². The highest BCUT2D eigenvalue weighted by atomic mass is 16.5. The summed E-state index contributed by atoms with van der Waals surface area (Å²) in [7, 11) is 3.50. The van der Waals surface area contributed by atoms with Crippen molar-refractivity contribution in [2.45, 2.75) is 77.4 Å². The molecule has 32 heavy (non-hydrogen) atoms. The second kappa shape index (κ2) is 10.9.